The zero-order valence-corrected chi connectivity index (χ0v) is 23.7. The highest BCUT2D eigenvalue weighted by atomic mass is 32.2. The minimum atomic E-state index is -3.42. The van der Waals surface area contributed by atoms with Crippen molar-refractivity contribution in [2.75, 3.05) is 19.6 Å². The van der Waals surface area contributed by atoms with Crippen LogP contribution in [0, 0.1) is 13.8 Å². The summed E-state index contributed by atoms with van der Waals surface area (Å²) in [6, 6.07) is 6.68. The predicted octanol–water partition coefficient (Wildman–Crippen LogP) is 2.75. The number of hydrogen-bond donors (Lipinski definition) is 2. The molecule has 0 bridgehead atoms. The molecule has 0 saturated heterocycles. The fraction of sp³-hybridized carbons (Fsp3) is 0.423. The van der Waals surface area contributed by atoms with Gasteiger partial charge in [0.05, 0.1) is 22.5 Å². The number of nitrogens with zero attached hydrogens (tertiary/aromatic N) is 1. The van der Waals surface area contributed by atoms with Crippen molar-refractivity contribution in [1.29, 1.82) is 0 Å². The van der Waals surface area contributed by atoms with E-state index in [0.29, 0.717) is 27.5 Å². The molecule has 206 valence electrons. The molecule has 1 amide bonds. The fourth-order valence-electron chi connectivity index (χ4n) is 4.58. The lowest BCUT2D eigenvalue weighted by molar-refractivity contribution is 0.0599. The highest BCUT2D eigenvalue weighted by Crippen LogP contribution is 2.45. The molecule has 0 unspecified atom stereocenters. The highest BCUT2D eigenvalue weighted by molar-refractivity contribution is 7.91. The zero-order chi connectivity index (χ0) is 28.6. The van der Waals surface area contributed by atoms with E-state index in [1.807, 2.05) is 0 Å². The smallest absolute Gasteiger partial charge is 0.338 e. The number of rotatable bonds is 6. The molecule has 4 rings (SSSR count). The van der Waals surface area contributed by atoms with Crippen molar-refractivity contribution in [1.82, 2.24) is 0 Å². The van der Waals surface area contributed by atoms with E-state index < -0.39 is 31.6 Å². The molecule has 38 heavy (non-hydrogen) atoms. The Labute approximate surface area is 223 Å². The van der Waals surface area contributed by atoms with Gasteiger partial charge in [0.2, 0.25) is 0 Å². The maximum Gasteiger partial charge on any atom is 0.338 e. The molecule has 0 heterocycles. The second-order valence-electron chi connectivity index (χ2n) is 9.74. The Balaban J connectivity index is 0.000000212. The first-order chi connectivity index (χ1) is 17.6. The molecule has 12 heteroatoms. The van der Waals surface area contributed by atoms with Crippen LogP contribution in [0.2, 0.25) is 0 Å². The minimum absolute atomic E-state index is 0.211. The molecule has 2 aromatic carbocycles. The van der Waals surface area contributed by atoms with Gasteiger partial charge in [0.15, 0.2) is 25.6 Å². The number of carbonyl (C=O) groups excluding carboxylic acids is 2. The van der Waals surface area contributed by atoms with E-state index in [4.69, 9.17) is 11.5 Å². The second kappa shape index (κ2) is 10.9. The maximum absolute atomic E-state index is 12.0. The van der Waals surface area contributed by atoms with Gasteiger partial charge >= 0.3 is 5.97 Å². The Morgan fingerprint density at radius 2 is 1.18 bits per heavy atom. The average molecular weight is 564 g/mol. The summed E-state index contributed by atoms with van der Waals surface area (Å²) in [5.74, 6) is -0.887. The van der Waals surface area contributed by atoms with Crippen LogP contribution in [0.15, 0.2) is 39.0 Å². The minimum Gasteiger partial charge on any atom is -0.465 e. The van der Waals surface area contributed by atoms with Crippen molar-refractivity contribution in [2.24, 2.45) is 16.5 Å². The number of carbonyl (C=O) groups is 2. The number of ether oxygens (including phenoxy) is 1. The first-order valence-electron chi connectivity index (χ1n) is 12.0. The fourth-order valence-corrected chi connectivity index (χ4v) is 7.24. The van der Waals surface area contributed by atoms with Gasteiger partial charge in [-0.25, -0.2) is 21.6 Å². The van der Waals surface area contributed by atoms with Gasteiger partial charge < -0.3 is 16.2 Å². The normalized spacial score (nSPS) is 15.2. The lowest BCUT2D eigenvalue weighted by atomic mass is 10.0. The molecule has 2 aliphatic rings. The van der Waals surface area contributed by atoms with Crippen molar-refractivity contribution >= 4 is 37.5 Å². The molecule has 0 spiro atoms. The van der Waals surface area contributed by atoms with Gasteiger partial charge in [0.25, 0.3) is 5.91 Å². The summed E-state index contributed by atoms with van der Waals surface area (Å²) in [6.45, 7) is 3.27. The summed E-state index contributed by atoms with van der Waals surface area (Å²) in [6.07, 6.45) is 6.31. The quantitative estimate of drug-likeness (QED) is 0.304. The van der Waals surface area contributed by atoms with Crippen molar-refractivity contribution in [3.05, 3.63) is 57.6 Å². The van der Waals surface area contributed by atoms with Crippen molar-refractivity contribution < 1.29 is 31.2 Å². The Kier molecular flexibility index (Phi) is 8.37. The molecular weight excluding hydrogens is 530 g/mol. The highest BCUT2D eigenvalue weighted by Gasteiger charge is 2.32. The number of sulfone groups is 2. The second-order valence-corrected chi connectivity index (χ2v) is 13.6. The summed E-state index contributed by atoms with van der Waals surface area (Å²) < 4.78 is 52.5. The lowest BCUT2D eigenvalue weighted by Crippen LogP contribution is -2.24. The van der Waals surface area contributed by atoms with Crippen LogP contribution >= 0.6 is 0 Å². The van der Waals surface area contributed by atoms with Crippen LogP contribution in [0.1, 0.15) is 80.5 Å². The van der Waals surface area contributed by atoms with Crippen molar-refractivity contribution in [2.45, 2.75) is 61.2 Å². The molecule has 0 aliphatic heterocycles. The third-order valence-electron chi connectivity index (χ3n) is 6.51. The third kappa shape index (κ3) is 6.60. The molecule has 0 radical (unpaired) electrons. The molecule has 2 fully saturated rings. The largest absolute Gasteiger partial charge is 0.465 e. The Bertz CT molecular complexity index is 1530. The Morgan fingerprint density at radius 1 is 0.789 bits per heavy atom. The summed E-state index contributed by atoms with van der Waals surface area (Å²) >= 11 is 0. The Hall–Kier alpha value is -3.25. The van der Waals surface area contributed by atoms with Crippen molar-refractivity contribution in [3.63, 3.8) is 0 Å². The van der Waals surface area contributed by atoms with Gasteiger partial charge in [-0.05, 0) is 85.8 Å². The van der Waals surface area contributed by atoms with Crippen LogP contribution in [0.5, 0.6) is 0 Å². The topological polar surface area (TPSA) is 176 Å². The standard InChI is InChI=1S/C13H17N3O3S.C13H16O4S/c1-7-9(12(17)16-13(14)15)5-6-10(8-3-4-8)11(7)20(2,18)19;1-8-10(13(14)17-2)6-7-11(9-4-5-9)12(8)18(3,15)16/h5-6,8H,3-4H2,1-2H3,(H4,14,15,16,17);6-7,9H,4-5H2,1-3H3. The van der Waals surface area contributed by atoms with Crippen molar-refractivity contribution in [3.8, 4) is 0 Å². The molecule has 0 aromatic heterocycles. The van der Waals surface area contributed by atoms with Crippen LogP contribution in [0.3, 0.4) is 0 Å². The number of benzene rings is 2. The Morgan fingerprint density at radius 3 is 1.53 bits per heavy atom. The molecule has 2 aliphatic carbocycles. The number of esters is 1. The van der Waals surface area contributed by atoms with Gasteiger partial charge in [0.1, 0.15) is 0 Å². The third-order valence-corrected chi connectivity index (χ3v) is 9.08. The molecule has 2 aromatic rings. The number of aliphatic imine (C=N–C) groups is 1. The van der Waals surface area contributed by atoms with Crippen LogP contribution in [0.25, 0.3) is 0 Å². The summed E-state index contributed by atoms with van der Waals surface area (Å²) in [4.78, 5) is 27.5. The van der Waals surface area contributed by atoms with Crippen LogP contribution in [-0.4, -0.2) is 54.3 Å². The van der Waals surface area contributed by atoms with E-state index in [1.54, 1.807) is 38.1 Å². The molecular formula is C26H33N3O7S2. The SMILES string of the molecule is COC(=O)c1ccc(C2CC2)c(S(C)(=O)=O)c1C.Cc1c(C(=O)N=C(N)N)ccc(C2CC2)c1S(C)(=O)=O. The molecule has 10 nitrogen and oxygen atoms in total. The van der Waals surface area contributed by atoms with E-state index in [0.717, 1.165) is 43.1 Å². The molecule has 0 atom stereocenters. The van der Waals surface area contributed by atoms with E-state index in [9.17, 15) is 26.4 Å². The molecule has 4 N–H and O–H groups in total. The van der Waals surface area contributed by atoms with Crippen LogP contribution < -0.4 is 11.5 Å². The summed E-state index contributed by atoms with van der Waals surface area (Å²) in [7, 11) is -5.47. The first kappa shape index (κ1) is 29.3. The number of hydrogen-bond acceptors (Lipinski definition) is 7. The lowest BCUT2D eigenvalue weighted by Gasteiger charge is -2.13. The molecule has 2 saturated carbocycles. The summed E-state index contributed by atoms with van der Waals surface area (Å²) in [5, 5.41) is 0. The first-order valence-corrected chi connectivity index (χ1v) is 15.8. The van der Waals surface area contributed by atoms with E-state index in [1.165, 1.54) is 13.4 Å². The number of guanidine groups is 1. The van der Waals surface area contributed by atoms with Gasteiger partial charge in [-0.3, -0.25) is 4.79 Å². The monoisotopic (exact) mass is 563 g/mol. The van der Waals surface area contributed by atoms with Gasteiger partial charge in [-0.2, -0.15) is 4.99 Å². The van der Waals surface area contributed by atoms with E-state index in [2.05, 4.69) is 9.73 Å². The van der Waals surface area contributed by atoms with E-state index in [-0.39, 0.29) is 22.3 Å². The van der Waals surface area contributed by atoms with Gasteiger partial charge in [0, 0.05) is 18.1 Å². The van der Waals surface area contributed by atoms with Crippen LogP contribution in [-0.2, 0) is 24.4 Å². The maximum atomic E-state index is 12.0. The van der Waals surface area contributed by atoms with Gasteiger partial charge in [-0.15, -0.1) is 0 Å². The number of amides is 1. The van der Waals surface area contributed by atoms with E-state index >= 15 is 0 Å². The van der Waals surface area contributed by atoms with Crippen LogP contribution in [0.4, 0.5) is 0 Å². The summed E-state index contributed by atoms with van der Waals surface area (Å²) in [5.41, 5.74) is 13.4. The van der Waals surface area contributed by atoms with Gasteiger partial charge in [-0.1, -0.05) is 12.1 Å². The predicted molar refractivity (Wildman–Crippen MR) is 144 cm³/mol. The number of nitrogens with two attached hydrogens (primary N) is 2. The zero-order valence-electron chi connectivity index (χ0n) is 22.1. The number of methoxy groups -OCH3 is 1. The average Bonchev–Trinajstić information content (AvgIpc) is 3.69.